The first-order valence-corrected chi connectivity index (χ1v) is 9.37. The van der Waals surface area contributed by atoms with Gasteiger partial charge in [0.25, 0.3) is 0 Å². The van der Waals surface area contributed by atoms with Crippen molar-refractivity contribution in [2.45, 2.75) is 52.2 Å². The lowest BCUT2D eigenvalue weighted by Gasteiger charge is -2.41. The lowest BCUT2D eigenvalue weighted by atomic mass is 9.88. The third-order valence-corrected chi connectivity index (χ3v) is 4.92. The van der Waals surface area contributed by atoms with E-state index in [2.05, 4.69) is 55.4 Å². The second-order valence-corrected chi connectivity index (χ2v) is 7.20. The van der Waals surface area contributed by atoms with Crippen molar-refractivity contribution < 1.29 is 9.47 Å². The van der Waals surface area contributed by atoms with Gasteiger partial charge in [0.1, 0.15) is 0 Å². The number of rotatable bonds is 6. The van der Waals surface area contributed by atoms with Crippen molar-refractivity contribution in [3.63, 3.8) is 0 Å². The summed E-state index contributed by atoms with van der Waals surface area (Å²) in [6.07, 6.45) is 1.02. The highest BCUT2D eigenvalue weighted by atomic mass is 32.1. The fourth-order valence-electron chi connectivity index (χ4n) is 3.56. The number of benzene rings is 1. The molecule has 0 unspecified atom stereocenters. The van der Waals surface area contributed by atoms with Crippen LogP contribution in [0.2, 0.25) is 0 Å². The van der Waals surface area contributed by atoms with Gasteiger partial charge in [0.2, 0.25) is 0 Å². The van der Waals surface area contributed by atoms with Crippen LogP contribution in [0.5, 0.6) is 11.5 Å². The summed E-state index contributed by atoms with van der Waals surface area (Å²) in [6, 6.07) is 4.97. The number of nitrogens with one attached hydrogen (secondary N) is 2. The summed E-state index contributed by atoms with van der Waals surface area (Å²) in [7, 11) is 3.37. The average Bonchev–Trinajstić information content (AvgIpc) is 2.58. The Hall–Kier alpha value is -1.53. The quantitative estimate of drug-likeness (QED) is 0.756. The molecule has 0 saturated carbocycles. The summed E-state index contributed by atoms with van der Waals surface area (Å²) in [5, 5.41) is 7.43. The van der Waals surface area contributed by atoms with Crippen molar-refractivity contribution in [3.8, 4) is 11.5 Å². The fraction of sp³-hybridized carbons (Fsp3) is 0.632. The summed E-state index contributed by atoms with van der Waals surface area (Å²) in [5.41, 5.74) is 2.61. The minimum atomic E-state index is 0.177. The molecule has 0 aromatic heterocycles. The number of methoxy groups -OCH3 is 2. The van der Waals surface area contributed by atoms with Crippen LogP contribution in [0.1, 0.15) is 44.9 Å². The Balaban J connectivity index is 2.33. The normalized spacial score (nSPS) is 18.4. The molecule has 1 aliphatic heterocycles. The van der Waals surface area contributed by atoms with Crippen molar-refractivity contribution >= 4 is 17.3 Å². The van der Waals surface area contributed by atoms with Crippen molar-refractivity contribution in [2.24, 2.45) is 0 Å². The number of thiocarbonyl (C=S) groups is 1. The van der Waals surface area contributed by atoms with Gasteiger partial charge in [-0.15, -0.1) is 0 Å². The molecule has 0 amide bonds. The zero-order chi connectivity index (χ0) is 18.6. The van der Waals surface area contributed by atoms with Gasteiger partial charge in [-0.3, -0.25) is 4.90 Å². The van der Waals surface area contributed by atoms with E-state index in [-0.39, 0.29) is 12.1 Å². The maximum Gasteiger partial charge on any atom is 0.166 e. The third-order valence-electron chi connectivity index (χ3n) is 4.68. The summed E-state index contributed by atoms with van der Waals surface area (Å²) in [4.78, 5) is 2.49. The van der Waals surface area contributed by atoms with Gasteiger partial charge >= 0.3 is 0 Å². The molecule has 2 atom stereocenters. The van der Waals surface area contributed by atoms with Gasteiger partial charge in [-0.25, -0.2) is 0 Å². The zero-order valence-electron chi connectivity index (χ0n) is 16.2. The Morgan fingerprint density at radius 1 is 1.20 bits per heavy atom. The molecular formula is C19H31N3O2S. The van der Waals surface area contributed by atoms with Gasteiger partial charge in [-0.1, -0.05) is 6.92 Å². The number of likely N-dealkylation sites (N-methyl/N-ethyl adjacent to an activating group) is 1. The summed E-state index contributed by atoms with van der Waals surface area (Å²) >= 11 is 5.45. The molecule has 6 heteroatoms. The van der Waals surface area contributed by atoms with Gasteiger partial charge in [0.05, 0.1) is 20.3 Å². The maximum atomic E-state index is 5.53. The molecule has 0 bridgehead atoms. The van der Waals surface area contributed by atoms with Gasteiger partial charge in [-0.05, 0) is 69.2 Å². The molecule has 5 nitrogen and oxygen atoms in total. The highest BCUT2D eigenvalue weighted by Crippen LogP contribution is 2.39. The lowest BCUT2D eigenvalue weighted by molar-refractivity contribution is 0.166. The minimum absolute atomic E-state index is 0.177. The number of hydrogen-bond donors (Lipinski definition) is 2. The van der Waals surface area contributed by atoms with Gasteiger partial charge in [0, 0.05) is 18.6 Å². The van der Waals surface area contributed by atoms with E-state index in [0.717, 1.165) is 31.0 Å². The van der Waals surface area contributed by atoms with Crippen LogP contribution < -0.4 is 20.1 Å². The van der Waals surface area contributed by atoms with Gasteiger partial charge in [0.15, 0.2) is 16.6 Å². The van der Waals surface area contributed by atoms with Crippen LogP contribution in [-0.2, 0) is 6.42 Å². The molecule has 1 aliphatic rings. The van der Waals surface area contributed by atoms with Gasteiger partial charge in [-0.2, -0.15) is 0 Å². The number of nitrogens with zero attached hydrogens (tertiary/aromatic N) is 1. The molecule has 25 heavy (non-hydrogen) atoms. The van der Waals surface area contributed by atoms with Crippen molar-refractivity contribution in [1.29, 1.82) is 0 Å². The van der Waals surface area contributed by atoms with E-state index in [9.17, 15) is 0 Å². The minimum Gasteiger partial charge on any atom is -0.493 e. The van der Waals surface area contributed by atoms with E-state index < -0.39 is 0 Å². The molecule has 1 aromatic carbocycles. The monoisotopic (exact) mass is 365 g/mol. The molecule has 0 radical (unpaired) electrons. The Kier molecular flexibility index (Phi) is 6.90. The Bertz CT molecular complexity index is 607. The molecule has 0 fully saturated rings. The van der Waals surface area contributed by atoms with E-state index in [4.69, 9.17) is 21.7 Å². The first-order valence-electron chi connectivity index (χ1n) is 8.97. The molecule has 0 saturated heterocycles. The molecule has 1 heterocycles. The van der Waals surface area contributed by atoms with Crippen LogP contribution in [0.3, 0.4) is 0 Å². The second-order valence-electron chi connectivity index (χ2n) is 6.79. The number of fused-ring (bicyclic) bond motifs is 1. The number of hydrogen-bond acceptors (Lipinski definition) is 4. The van der Waals surface area contributed by atoms with Crippen LogP contribution in [-0.4, -0.2) is 49.4 Å². The van der Waals surface area contributed by atoms with Crippen LogP contribution >= 0.6 is 12.2 Å². The summed E-state index contributed by atoms with van der Waals surface area (Å²) < 4.78 is 11.0. The van der Waals surface area contributed by atoms with Crippen LogP contribution in [0.25, 0.3) is 0 Å². The molecule has 2 N–H and O–H groups in total. The van der Waals surface area contributed by atoms with E-state index in [1.807, 2.05) is 0 Å². The Morgan fingerprint density at radius 3 is 2.40 bits per heavy atom. The molecule has 1 aromatic rings. The largest absolute Gasteiger partial charge is 0.493 e. The average molecular weight is 366 g/mol. The highest BCUT2D eigenvalue weighted by molar-refractivity contribution is 7.80. The Labute approximate surface area is 157 Å². The van der Waals surface area contributed by atoms with Crippen LogP contribution in [0.15, 0.2) is 12.1 Å². The van der Waals surface area contributed by atoms with E-state index >= 15 is 0 Å². The first kappa shape index (κ1) is 19.8. The highest BCUT2D eigenvalue weighted by Gasteiger charge is 2.32. The van der Waals surface area contributed by atoms with Crippen LogP contribution in [0, 0.1) is 0 Å². The lowest BCUT2D eigenvalue weighted by Crippen LogP contribution is -2.50. The second kappa shape index (κ2) is 8.72. The summed E-state index contributed by atoms with van der Waals surface area (Å²) in [6.45, 7) is 10.6. The maximum absolute atomic E-state index is 5.53. The molecular weight excluding hydrogens is 334 g/mol. The standard InChI is InChI=1S/C19H31N3O2S/c1-7-22-9-8-14-10-16(23-5)17(24-6)11-15(14)18(22)13(4)21-19(25)20-12(2)3/h10-13,18H,7-9H2,1-6H3,(H2,20,21,25)/t13-,18-/m1/s1. The topological polar surface area (TPSA) is 45.8 Å². The number of ether oxygens (including phenoxy) is 2. The zero-order valence-corrected chi connectivity index (χ0v) is 17.0. The van der Waals surface area contributed by atoms with Crippen molar-refractivity contribution in [3.05, 3.63) is 23.3 Å². The molecule has 140 valence electrons. The SMILES string of the molecule is CCN1CCc2cc(OC)c(OC)cc2[C@H]1[C@@H](C)NC(=S)NC(C)C. The molecule has 0 aliphatic carbocycles. The Morgan fingerprint density at radius 2 is 1.84 bits per heavy atom. The molecule has 0 spiro atoms. The third kappa shape index (κ3) is 4.55. The van der Waals surface area contributed by atoms with E-state index in [1.165, 1.54) is 11.1 Å². The smallest absolute Gasteiger partial charge is 0.166 e. The summed E-state index contributed by atoms with van der Waals surface area (Å²) in [5.74, 6) is 1.57. The predicted octanol–water partition coefficient (Wildman–Crippen LogP) is 2.88. The fourth-order valence-corrected chi connectivity index (χ4v) is 3.98. The van der Waals surface area contributed by atoms with Crippen molar-refractivity contribution in [1.82, 2.24) is 15.5 Å². The van der Waals surface area contributed by atoms with Gasteiger partial charge < -0.3 is 20.1 Å². The van der Waals surface area contributed by atoms with Crippen molar-refractivity contribution in [2.75, 3.05) is 27.3 Å². The van der Waals surface area contributed by atoms with E-state index in [0.29, 0.717) is 11.2 Å². The van der Waals surface area contributed by atoms with Crippen LogP contribution in [0.4, 0.5) is 0 Å². The van der Waals surface area contributed by atoms with E-state index in [1.54, 1.807) is 14.2 Å². The molecule has 2 rings (SSSR count). The first-order chi connectivity index (χ1) is 11.9. The predicted molar refractivity (Wildman–Crippen MR) is 107 cm³/mol.